The summed E-state index contributed by atoms with van der Waals surface area (Å²) in [5.41, 5.74) is 0.877. The fourth-order valence-electron chi connectivity index (χ4n) is 1.72. The van der Waals surface area contributed by atoms with Crippen molar-refractivity contribution in [1.82, 2.24) is 9.97 Å². The van der Waals surface area contributed by atoms with Crippen molar-refractivity contribution in [2.24, 2.45) is 0 Å². The maximum atomic E-state index is 9.30. The van der Waals surface area contributed by atoms with E-state index in [1.165, 1.54) is 0 Å². The Hall–Kier alpha value is -1.36. The summed E-state index contributed by atoms with van der Waals surface area (Å²) in [7, 11) is 0. The molecule has 1 aromatic heterocycles. The van der Waals surface area contributed by atoms with Crippen LogP contribution in [0.2, 0.25) is 0 Å². The molecular formula is C12H20N4O. The summed E-state index contributed by atoms with van der Waals surface area (Å²) in [5.74, 6) is 1.70. The van der Waals surface area contributed by atoms with Gasteiger partial charge in [-0.3, -0.25) is 0 Å². The van der Waals surface area contributed by atoms with Crippen molar-refractivity contribution in [3.8, 4) is 0 Å². The van der Waals surface area contributed by atoms with Gasteiger partial charge in [-0.2, -0.15) is 0 Å². The van der Waals surface area contributed by atoms with E-state index in [4.69, 9.17) is 0 Å². The summed E-state index contributed by atoms with van der Waals surface area (Å²) in [6.07, 6.45) is 4.63. The Morgan fingerprint density at radius 3 is 2.65 bits per heavy atom. The standard InChI is InChI=1S/C12H20N4O/c1-3-6-13-10-9(2)11(15-8-14-10)16-12(7-17)4-5-12/h8,17H,3-7H2,1-2H3,(H2,13,14,15,16). The maximum Gasteiger partial charge on any atom is 0.134 e. The van der Waals surface area contributed by atoms with Crippen LogP contribution < -0.4 is 10.6 Å². The third-order valence-corrected chi connectivity index (χ3v) is 3.17. The third kappa shape index (κ3) is 2.66. The largest absolute Gasteiger partial charge is 0.394 e. The molecule has 1 heterocycles. The number of nitrogens with zero attached hydrogens (tertiary/aromatic N) is 2. The Morgan fingerprint density at radius 2 is 2.06 bits per heavy atom. The molecule has 0 aliphatic heterocycles. The van der Waals surface area contributed by atoms with E-state index in [2.05, 4.69) is 27.5 Å². The van der Waals surface area contributed by atoms with E-state index in [0.29, 0.717) is 0 Å². The van der Waals surface area contributed by atoms with Gasteiger partial charge >= 0.3 is 0 Å². The zero-order valence-corrected chi connectivity index (χ0v) is 10.5. The summed E-state index contributed by atoms with van der Waals surface area (Å²) >= 11 is 0. The number of hydrogen-bond donors (Lipinski definition) is 3. The van der Waals surface area contributed by atoms with Crippen LogP contribution in [-0.4, -0.2) is 33.8 Å². The Kier molecular flexibility index (Phi) is 3.47. The number of hydrogen-bond acceptors (Lipinski definition) is 5. The second-order valence-corrected chi connectivity index (χ2v) is 4.69. The molecule has 0 radical (unpaired) electrons. The number of rotatable bonds is 6. The summed E-state index contributed by atoms with van der Waals surface area (Å²) in [6.45, 7) is 5.18. The fourth-order valence-corrected chi connectivity index (χ4v) is 1.72. The highest BCUT2D eigenvalue weighted by molar-refractivity contribution is 5.58. The lowest BCUT2D eigenvalue weighted by molar-refractivity contribution is 0.266. The molecule has 0 bridgehead atoms. The van der Waals surface area contributed by atoms with Crippen molar-refractivity contribution in [1.29, 1.82) is 0 Å². The quantitative estimate of drug-likeness (QED) is 0.699. The van der Waals surface area contributed by atoms with Gasteiger partial charge in [-0.05, 0) is 26.2 Å². The smallest absolute Gasteiger partial charge is 0.134 e. The van der Waals surface area contributed by atoms with E-state index in [1.807, 2.05) is 6.92 Å². The summed E-state index contributed by atoms with van der Waals surface area (Å²) < 4.78 is 0. The van der Waals surface area contributed by atoms with Gasteiger partial charge in [-0.25, -0.2) is 9.97 Å². The van der Waals surface area contributed by atoms with E-state index in [-0.39, 0.29) is 12.1 Å². The van der Waals surface area contributed by atoms with Crippen LogP contribution in [0.1, 0.15) is 31.7 Å². The van der Waals surface area contributed by atoms with Crippen molar-refractivity contribution >= 4 is 11.6 Å². The minimum Gasteiger partial charge on any atom is -0.394 e. The molecule has 0 amide bonds. The molecule has 0 saturated heterocycles. The first-order chi connectivity index (χ1) is 8.21. The fraction of sp³-hybridized carbons (Fsp3) is 0.667. The van der Waals surface area contributed by atoms with E-state index in [0.717, 1.165) is 43.0 Å². The molecule has 1 fully saturated rings. The Morgan fingerprint density at radius 1 is 1.35 bits per heavy atom. The van der Waals surface area contributed by atoms with Gasteiger partial charge in [0.05, 0.1) is 12.1 Å². The molecule has 2 rings (SSSR count). The molecular weight excluding hydrogens is 216 g/mol. The van der Waals surface area contributed by atoms with Crippen LogP contribution >= 0.6 is 0 Å². The van der Waals surface area contributed by atoms with Crippen molar-refractivity contribution in [3.63, 3.8) is 0 Å². The van der Waals surface area contributed by atoms with Crippen molar-refractivity contribution in [2.75, 3.05) is 23.8 Å². The van der Waals surface area contributed by atoms with E-state index >= 15 is 0 Å². The topological polar surface area (TPSA) is 70.1 Å². The number of aliphatic hydroxyl groups excluding tert-OH is 1. The van der Waals surface area contributed by atoms with E-state index < -0.39 is 0 Å². The molecule has 1 aromatic rings. The highest BCUT2D eigenvalue weighted by atomic mass is 16.3. The van der Waals surface area contributed by atoms with Crippen LogP contribution in [0.3, 0.4) is 0 Å². The van der Waals surface area contributed by atoms with Gasteiger partial charge < -0.3 is 15.7 Å². The van der Waals surface area contributed by atoms with E-state index in [9.17, 15) is 5.11 Å². The Labute approximate surface area is 102 Å². The van der Waals surface area contributed by atoms with Gasteiger partial charge in [0.1, 0.15) is 18.0 Å². The molecule has 17 heavy (non-hydrogen) atoms. The second-order valence-electron chi connectivity index (χ2n) is 4.69. The van der Waals surface area contributed by atoms with Gasteiger partial charge in [0, 0.05) is 12.1 Å². The van der Waals surface area contributed by atoms with Crippen LogP contribution in [0.5, 0.6) is 0 Å². The summed E-state index contributed by atoms with van der Waals surface area (Å²) in [5, 5.41) is 15.9. The Balaban J connectivity index is 2.11. The molecule has 1 aliphatic carbocycles. The first-order valence-corrected chi connectivity index (χ1v) is 6.15. The van der Waals surface area contributed by atoms with Gasteiger partial charge in [0.25, 0.3) is 0 Å². The molecule has 1 aliphatic rings. The van der Waals surface area contributed by atoms with Crippen molar-refractivity contribution in [2.45, 2.75) is 38.6 Å². The third-order valence-electron chi connectivity index (χ3n) is 3.17. The van der Waals surface area contributed by atoms with Crippen LogP contribution in [-0.2, 0) is 0 Å². The van der Waals surface area contributed by atoms with Crippen molar-refractivity contribution < 1.29 is 5.11 Å². The first-order valence-electron chi connectivity index (χ1n) is 6.15. The lowest BCUT2D eigenvalue weighted by Crippen LogP contribution is -2.27. The minimum absolute atomic E-state index is 0.138. The lowest BCUT2D eigenvalue weighted by Gasteiger charge is -2.18. The van der Waals surface area contributed by atoms with Gasteiger partial charge in [0.2, 0.25) is 0 Å². The Bertz CT molecular complexity index is 390. The van der Waals surface area contributed by atoms with Crippen LogP contribution in [0, 0.1) is 6.92 Å². The van der Waals surface area contributed by atoms with Gasteiger partial charge in [-0.15, -0.1) is 0 Å². The molecule has 0 atom stereocenters. The average Bonchev–Trinajstić information content (AvgIpc) is 3.11. The molecule has 0 spiro atoms. The first kappa shape index (κ1) is 12.1. The summed E-state index contributed by atoms with van der Waals surface area (Å²) in [4.78, 5) is 8.47. The lowest BCUT2D eigenvalue weighted by atomic mass is 10.2. The molecule has 5 nitrogen and oxygen atoms in total. The number of nitrogens with one attached hydrogen (secondary N) is 2. The molecule has 1 saturated carbocycles. The highest BCUT2D eigenvalue weighted by Gasteiger charge is 2.42. The molecule has 5 heteroatoms. The molecule has 3 N–H and O–H groups in total. The average molecular weight is 236 g/mol. The maximum absolute atomic E-state index is 9.30. The molecule has 0 aromatic carbocycles. The predicted molar refractivity (Wildman–Crippen MR) is 68.2 cm³/mol. The number of aromatic nitrogens is 2. The number of aliphatic hydroxyl groups is 1. The zero-order valence-electron chi connectivity index (χ0n) is 10.5. The summed E-state index contributed by atoms with van der Waals surface area (Å²) in [6, 6.07) is 0. The van der Waals surface area contributed by atoms with Gasteiger partial charge in [0.15, 0.2) is 0 Å². The SMILES string of the molecule is CCCNc1ncnc(NC2(CO)CC2)c1C. The predicted octanol–water partition coefficient (Wildman–Crippen LogP) is 1.54. The van der Waals surface area contributed by atoms with Crippen LogP contribution in [0.4, 0.5) is 11.6 Å². The van der Waals surface area contributed by atoms with Gasteiger partial charge in [-0.1, -0.05) is 6.92 Å². The number of anilines is 2. The molecule has 0 unspecified atom stereocenters. The highest BCUT2D eigenvalue weighted by Crippen LogP contribution is 2.38. The monoisotopic (exact) mass is 236 g/mol. The van der Waals surface area contributed by atoms with Crippen LogP contribution in [0.15, 0.2) is 6.33 Å². The molecule has 94 valence electrons. The minimum atomic E-state index is -0.138. The van der Waals surface area contributed by atoms with Crippen LogP contribution in [0.25, 0.3) is 0 Å². The van der Waals surface area contributed by atoms with Crippen molar-refractivity contribution in [3.05, 3.63) is 11.9 Å². The van der Waals surface area contributed by atoms with E-state index in [1.54, 1.807) is 6.33 Å². The second kappa shape index (κ2) is 4.87. The zero-order chi connectivity index (χ0) is 12.3. The normalized spacial score (nSPS) is 16.6.